The van der Waals surface area contributed by atoms with Gasteiger partial charge in [0.15, 0.2) is 0 Å². The molecule has 0 aliphatic heterocycles. The second kappa shape index (κ2) is 7.52. The van der Waals surface area contributed by atoms with Gasteiger partial charge in [-0.1, -0.05) is 34.1 Å². The van der Waals surface area contributed by atoms with E-state index in [4.69, 9.17) is 0 Å². The minimum atomic E-state index is -0.653. The molecule has 1 aliphatic rings. The Morgan fingerprint density at radius 3 is 2.53 bits per heavy atom. The van der Waals surface area contributed by atoms with Crippen LogP contribution >= 0.6 is 0 Å². The molecule has 1 saturated carbocycles. The highest BCUT2D eigenvalue weighted by Gasteiger charge is 2.33. The van der Waals surface area contributed by atoms with E-state index in [0.29, 0.717) is 17.2 Å². The minimum Gasteiger partial charge on any atom is -0.313 e. The van der Waals surface area contributed by atoms with Crippen molar-refractivity contribution in [3.8, 4) is 0 Å². The lowest BCUT2D eigenvalue weighted by Crippen LogP contribution is -2.47. The lowest BCUT2D eigenvalue weighted by Gasteiger charge is -2.36. The molecular formula is C14H29NOS. The number of hydrogen-bond donors (Lipinski definition) is 1. The van der Waals surface area contributed by atoms with E-state index < -0.39 is 10.8 Å². The van der Waals surface area contributed by atoms with E-state index in [-0.39, 0.29) is 0 Å². The third kappa shape index (κ3) is 4.70. The largest absolute Gasteiger partial charge is 0.313 e. The van der Waals surface area contributed by atoms with Crippen LogP contribution in [0, 0.1) is 11.8 Å². The van der Waals surface area contributed by atoms with Crippen LogP contribution in [0.2, 0.25) is 0 Å². The standard InChI is InChI=1S/C14H29NOS/c1-5-12-7-8-13(15-6-2)14(9-12)17(16)10-11(3)4/h11-15H,5-10H2,1-4H3. The van der Waals surface area contributed by atoms with Gasteiger partial charge in [0.2, 0.25) is 0 Å². The van der Waals surface area contributed by atoms with Crippen LogP contribution in [0.25, 0.3) is 0 Å². The highest BCUT2D eigenvalue weighted by Crippen LogP contribution is 2.30. The van der Waals surface area contributed by atoms with Gasteiger partial charge < -0.3 is 5.32 Å². The van der Waals surface area contributed by atoms with E-state index in [1.54, 1.807) is 0 Å². The molecule has 0 radical (unpaired) electrons. The van der Waals surface area contributed by atoms with Crippen molar-refractivity contribution in [2.45, 2.75) is 64.7 Å². The first kappa shape index (κ1) is 15.2. The summed E-state index contributed by atoms with van der Waals surface area (Å²) in [5.74, 6) is 2.20. The van der Waals surface area contributed by atoms with E-state index in [1.165, 1.54) is 19.3 Å². The molecule has 0 bridgehead atoms. The Kier molecular flexibility index (Phi) is 6.71. The summed E-state index contributed by atoms with van der Waals surface area (Å²) >= 11 is 0. The quantitative estimate of drug-likeness (QED) is 0.794. The van der Waals surface area contributed by atoms with Gasteiger partial charge >= 0.3 is 0 Å². The smallest absolute Gasteiger partial charge is 0.0503 e. The average molecular weight is 259 g/mol. The Labute approximate surface area is 109 Å². The summed E-state index contributed by atoms with van der Waals surface area (Å²) in [5, 5.41) is 3.93. The molecule has 1 N–H and O–H groups in total. The minimum absolute atomic E-state index is 0.385. The Balaban J connectivity index is 2.62. The second-order valence-corrected chi connectivity index (χ2v) is 7.43. The Hall–Kier alpha value is 0.110. The molecule has 4 atom stereocenters. The van der Waals surface area contributed by atoms with Crippen LogP contribution in [0.1, 0.15) is 53.4 Å². The molecule has 1 fully saturated rings. The summed E-state index contributed by atoms with van der Waals surface area (Å²) < 4.78 is 12.4. The molecule has 0 aromatic rings. The molecule has 0 spiro atoms. The first-order valence-corrected chi connectivity index (χ1v) is 8.57. The van der Waals surface area contributed by atoms with Crippen molar-refractivity contribution in [3.05, 3.63) is 0 Å². The fraction of sp³-hybridized carbons (Fsp3) is 1.00. The lowest BCUT2D eigenvalue weighted by molar-refractivity contribution is 0.294. The van der Waals surface area contributed by atoms with Crippen molar-refractivity contribution in [1.29, 1.82) is 0 Å². The van der Waals surface area contributed by atoms with Crippen LogP contribution in [0.4, 0.5) is 0 Å². The predicted molar refractivity (Wildman–Crippen MR) is 76.7 cm³/mol. The van der Waals surface area contributed by atoms with Crippen LogP contribution < -0.4 is 5.32 Å². The molecule has 1 aliphatic carbocycles. The molecule has 0 heterocycles. The normalized spacial score (nSPS) is 31.7. The number of hydrogen-bond acceptors (Lipinski definition) is 2. The fourth-order valence-corrected chi connectivity index (χ4v) is 4.81. The van der Waals surface area contributed by atoms with Crippen LogP contribution in [-0.2, 0) is 10.8 Å². The first-order chi connectivity index (χ1) is 8.08. The topological polar surface area (TPSA) is 29.1 Å². The van der Waals surface area contributed by atoms with Gasteiger partial charge in [-0.05, 0) is 37.6 Å². The monoisotopic (exact) mass is 259 g/mol. The third-order valence-corrected chi connectivity index (χ3v) is 5.97. The van der Waals surface area contributed by atoms with E-state index in [1.807, 2.05) is 0 Å². The van der Waals surface area contributed by atoms with Crippen molar-refractivity contribution < 1.29 is 4.21 Å². The summed E-state index contributed by atoms with van der Waals surface area (Å²) in [6, 6.07) is 0.488. The van der Waals surface area contributed by atoms with E-state index >= 15 is 0 Å². The predicted octanol–water partition coefficient (Wildman–Crippen LogP) is 2.95. The SMILES string of the molecule is CCNC1CCC(CC)CC1S(=O)CC(C)C. The van der Waals surface area contributed by atoms with Crippen LogP contribution in [0.5, 0.6) is 0 Å². The zero-order valence-electron chi connectivity index (χ0n) is 11.9. The molecule has 2 nitrogen and oxygen atoms in total. The highest BCUT2D eigenvalue weighted by atomic mass is 32.2. The number of rotatable bonds is 6. The van der Waals surface area contributed by atoms with Gasteiger partial charge in [0.25, 0.3) is 0 Å². The van der Waals surface area contributed by atoms with Gasteiger partial charge in [0.1, 0.15) is 0 Å². The molecule has 1 rings (SSSR count). The molecule has 17 heavy (non-hydrogen) atoms. The Morgan fingerprint density at radius 1 is 1.29 bits per heavy atom. The summed E-state index contributed by atoms with van der Waals surface area (Å²) in [4.78, 5) is 0. The summed E-state index contributed by atoms with van der Waals surface area (Å²) in [7, 11) is -0.653. The second-order valence-electron chi connectivity index (χ2n) is 5.73. The zero-order chi connectivity index (χ0) is 12.8. The molecule has 0 amide bonds. The maximum atomic E-state index is 12.4. The molecular weight excluding hydrogens is 230 g/mol. The van der Waals surface area contributed by atoms with Crippen molar-refractivity contribution in [2.24, 2.45) is 11.8 Å². The van der Waals surface area contributed by atoms with E-state index in [0.717, 1.165) is 24.6 Å². The van der Waals surface area contributed by atoms with Gasteiger partial charge in [-0.3, -0.25) is 4.21 Å². The third-order valence-electron chi connectivity index (χ3n) is 3.78. The maximum absolute atomic E-state index is 12.4. The average Bonchev–Trinajstić information content (AvgIpc) is 2.29. The van der Waals surface area contributed by atoms with Crippen molar-refractivity contribution >= 4 is 10.8 Å². The molecule has 0 saturated heterocycles. The Bertz CT molecular complexity index is 242. The summed E-state index contributed by atoms with van der Waals surface area (Å²) in [6.45, 7) is 9.74. The number of nitrogens with one attached hydrogen (secondary N) is 1. The van der Waals surface area contributed by atoms with Crippen LogP contribution in [0.15, 0.2) is 0 Å². The maximum Gasteiger partial charge on any atom is 0.0503 e. The van der Waals surface area contributed by atoms with Gasteiger partial charge in [0, 0.05) is 22.6 Å². The van der Waals surface area contributed by atoms with Gasteiger partial charge in [-0.15, -0.1) is 0 Å². The lowest BCUT2D eigenvalue weighted by atomic mass is 9.84. The fourth-order valence-electron chi connectivity index (χ4n) is 2.82. The van der Waals surface area contributed by atoms with Crippen LogP contribution in [0.3, 0.4) is 0 Å². The van der Waals surface area contributed by atoms with Gasteiger partial charge in [-0.25, -0.2) is 0 Å². The molecule has 4 unspecified atom stereocenters. The van der Waals surface area contributed by atoms with Crippen molar-refractivity contribution in [2.75, 3.05) is 12.3 Å². The van der Waals surface area contributed by atoms with Gasteiger partial charge in [-0.2, -0.15) is 0 Å². The van der Waals surface area contributed by atoms with E-state index in [9.17, 15) is 4.21 Å². The molecule has 0 aromatic carbocycles. The summed E-state index contributed by atoms with van der Waals surface area (Å²) in [6.07, 6.45) is 4.92. The Morgan fingerprint density at radius 2 is 2.00 bits per heavy atom. The molecule has 102 valence electrons. The zero-order valence-corrected chi connectivity index (χ0v) is 12.7. The van der Waals surface area contributed by atoms with Crippen molar-refractivity contribution in [1.82, 2.24) is 5.32 Å². The van der Waals surface area contributed by atoms with Crippen LogP contribution in [-0.4, -0.2) is 27.8 Å². The van der Waals surface area contributed by atoms with Gasteiger partial charge in [0.05, 0.1) is 5.25 Å². The van der Waals surface area contributed by atoms with Crippen molar-refractivity contribution in [3.63, 3.8) is 0 Å². The molecule has 3 heteroatoms. The summed E-state index contributed by atoms with van der Waals surface area (Å²) in [5.41, 5.74) is 0. The first-order valence-electron chi connectivity index (χ1n) is 7.19. The molecule has 0 aromatic heterocycles. The highest BCUT2D eigenvalue weighted by molar-refractivity contribution is 7.85. The van der Waals surface area contributed by atoms with E-state index in [2.05, 4.69) is 33.0 Å².